The second kappa shape index (κ2) is 7.92. The second-order valence-corrected chi connectivity index (χ2v) is 6.64. The number of benzene rings is 1. The highest BCUT2D eigenvalue weighted by atomic mass is 16.5. The van der Waals surface area contributed by atoms with Crippen LogP contribution >= 0.6 is 0 Å². The van der Waals surface area contributed by atoms with E-state index in [4.69, 9.17) is 4.74 Å². The minimum absolute atomic E-state index is 0.211. The van der Waals surface area contributed by atoms with Crippen molar-refractivity contribution in [1.82, 2.24) is 10.2 Å². The zero-order valence-electron chi connectivity index (χ0n) is 13.8. The van der Waals surface area contributed by atoms with Gasteiger partial charge in [-0.3, -0.25) is 4.90 Å². The number of piperazine rings is 1. The molecule has 0 amide bonds. The van der Waals surface area contributed by atoms with E-state index in [1.807, 2.05) is 0 Å². The van der Waals surface area contributed by atoms with E-state index in [9.17, 15) is 0 Å². The molecule has 0 bridgehead atoms. The molecule has 1 aliphatic heterocycles. The van der Waals surface area contributed by atoms with Crippen molar-refractivity contribution >= 4 is 0 Å². The van der Waals surface area contributed by atoms with Crippen molar-refractivity contribution in [1.29, 1.82) is 0 Å². The standard InChI is InChI=1S/C18H30N2O/c1-4-11-21-12-10-20-14-17(19-15-18(20,2)3)13-16-8-6-5-7-9-16/h5-9,17,19H,4,10-15H2,1-3H3. The Morgan fingerprint density at radius 1 is 1.24 bits per heavy atom. The van der Waals surface area contributed by atoms with Gasteiger partial charge in [0.15, 0.2) is 0 Å². The van der Waals surface area contributed by atoms with Crippen LogP contribution < -0.4 is 5.32 Å². The van der Waals surface area contributed by atoms with E-state index >= 15 is 0 Å². The van der Waals surface area contributed by atoms with Crippen molar-refractivity contribution in [3.05, 3.63) is 35.9 Å². The van der Waals surface area contributed by atoms with E-state index in [2.05, 4.69) is 61.3 Å². The molecule has 0 aliphatic carbocycles. The smallest absolute Gasteiger partial charge is 0.0593 e. The SMILES string of the molecule is CCCOCCN1CC(Cc2ccccc2)NCC1(C)C. The fourth-order valence-electron chi connectivity index (χ4n) is 2.93. The summed E-state index contributed by atoms with van der Waals surface area (Å²) in [6, 6.07) is 11.3. The van der Waals surface area contributed by atoms with Crippen molar-refractivity contribution in [2.45, 2.75) is 45.2 Å². The summed E-state index contributed by atoms with van der Waals surface area (Å²) in [5, 5.41) is 3.71. The third kappa shape index (κ3) is 5.10. The molecule has 0 aromatic heterocycles. The van der Waals surface area contributed by atoms with E-state index < -0.39 is 0 Å². The first-order chi connectivity index (χ1) is 10.1. The molecule has 21 heavy (non-hydrogen) atoms. The van der Waals surface area contributed by atoms with E-state index in [-0.39, 0.29) is 5.54 Å². The van der Waals surface area contributed by atoms with Gasteiger partial charge in [-0.15, -0.1) is 0 Å². The summed E-state index contributed by atoms with van der Waals surface area (Å²) in [7, 11) is 0. The molecule has 1 fully saturated rings. The van der Waals surface area contributed by atoms with E-state index in [0.717, 1.165) is 45.7 Å². The normalized spacial score (nSPS) is 22.3. The molecule has 1 aromatic rings. The fraction of sp³-hybridized carbons (Fsp3) is 0.667. The Hall–Kier alpha value is -0.900. The lowest BCUT2D eigenvalue weighted by Crippen LogP contribution is -2.62. The number of nitrogens with zero attached hydrogens (tertiary/aromatic N) is 1. The number of hydrogen-bond donors (Lipinski definition) is 1. The maximum atomic E-state index is 5.67. The quantitative estimate of drug-likeness (QED) is 0.782. The van der Waals surface area contributed by atoms with Gasteiger partial charge in [-0.1, -0.05) is 37.3 Å². The van der Waals surface area contributed by atoms with Gasteiger partial charge in [-0.2, -0.15) is 0 Å². The van der Waals surface area contributed by atoms with E-state index in [1.165, 1.54) is 5.56 Å². The van der Waals surface area contributed by atoms with Crippen LogP contribution in [0.1, 0.15) is 32.8 Å². The van der Waals surface area contributed by atoms with Gasteiger partial charge < -0.3 is 10.1 Å². The Morgan fingerprint density at radius 2 is 2.00 bits per heavy atom. The van der Waals surface area contributed by atoms with Crippen LogP contribution in [-0.2, 0) is 11.2 Å². The molecule has 1 heterocycles. The van der Waals surface area contributed by atoms with Crippen molar-refractivity contribution in [2.75, 3.05) is 32.8 Å². The molecule has 0 saturated carbocycles. The topological polar surface area (TPSA) is 24.5 Å². The molecular formula is C18H30N2O. The zero-order chi connectivity index (χ0) is 15.1. The minimum atomic E-state index is 0.211. The van der Waals surface area contributed by atoms with Crippen LogP contribution in [0.15, 0.2) is 30.3 Å². The van der Waals surface area contributed by atoms with Crippen LogP contribution in [0.25, 0.3) is 0 Å². The molecule has 1 atom stereocenters. The Kier molecular flexibility index (Phi) is 6.22. The molecule has 3 heteroatoms. The van der Waals surface area contributed by atoms with Gasteiger partial charge in [0, 0.05) is 37.8 Å². The molecular weight excluding hydrogens is 260 g/mol. The lowest BCUT2D eigenvalue weighted by atomic mass is 9.94. The number of ether oxygens (including phenoxy) is 1. The molecule has 1 unspecified atom stereocenters. The maximum absolute atomic E-state index is 5.67. The molecule has 3 nitrogen and oxygen atoms in total. The maximum Gasteiger partial charge on any atom is 0.0593 e. The number of rotatable bonds is 7. The number of hydrogen-bond acceptors (Lipinski definition) is 3. The highest BCUT2D eigenvalue weighted by Crippen LogP contribution is 2.19. The van der Waals surface area contributed by atoms with Crippen LogP contribution in [0.2, 0.25) is 0 Å². The summed E-state index contributed by atoms with van der Waals surface area (Å²) < 4.78 is 5.67. The van der Waals surface area contributed by atoms with Gasteiger partial charge in [0.1, 0.15) is 0 Å². The zero-order valence-corrected chi connectivity index (χ0v) is 13.8. The van der Waals surface area contributed by atoms with Gasteiger partial charge in [0.05, 0.1) is 6.61 Å². The molecule has 1 N–H and O–H groups in total. The molecule has 0 spiro atoms. The van der Waals surface area contributed by atoms with Crippen molar-refractivity contribution in [2.24, 2.45) is 0 Å². The first-order valence-electron chi connectivity index (χ1n) is 8.22. The average molecular weight is 290 g/mol. The first-order valence-corrected chi connectivity index (χ1v) is 8.22. The van der Waals surface area contributed by atoms with Crippen LogP contribution in [-0.4, -0.2) is 49.3 Å². The molecule has 0 radical (unpaired) electrons. The largest absolute Gasteiger partial charge is 0.380 e. The monoisotopic (exact) mass is 290 g/mol. The van der Waals surface area contributed by atoms with Crippen LogP contribution in [0.4, 0.5) is 0 Å². The van der Waals surface area contributed by atoms with Crippen molar-refractivity contribution in [3.63, 3.8) is 0 Å². The third-order valence-electron chi connectivity index (χ3n) is 4.30. The Bertz CT molecular complexity index is 405. The highest BCUT2D eigenvalue weighted by Gasteiger charge is 2.33. The summed E-state index contributed by atoms with van der Waals surface area (Å²) in [6.07, 6.45) is 2.20. The lowest BCUT2D eigenvalue weighted by molar-refractivity contribution is 0.0288. The van der Waals surface area contributed by atoms with Crippen LogP contribution in [0.5, 0.6) is 0 Å². The van der Waals surface area contributed by atoms with Gasteiger partial charge in [0.25, 0.3) is 0 Å². The predicted molar refractivity (Wildman–Crippen MR) is 88.7 cm³/mol. The lowest BCUT2D eigenvalue weighted by Gasteiger charge is -2.46. The highest BCUT2D eigenvalue weighted by molar-refractivity contribution is 5.16. The van der Waals surface area contributed by atoms with Crippen molar-refractivity contribution in [3.8, 4) is 0 Å². The fourth-order valence-corrected chi connectivity index (χ4v) is 2.93. The predicted octanol–water partition coefficient (Wildman–Crippen LogP) is 2.71. The summed E-state index contributed by atoms with van der Waals surface area (Å²) in [5.74, 6) is 0. The van der Waals surface area contributed by atoms with Gasteiger partial charge in [-0.05, 0) is 32.3 Å². The Morgan fingerprint density at radius 3 is 2.71 bits per heavy atom. The summed E-state index contributed by atoms with van der Waals surface area (Å²) in [6.45, 7) is 11.7. The molecule has 2 rings (SSSR count). The van der Waals surface area contributed by atoms with Crippen LogP contribution in [0, 0.1) is 0 Å². The van der Waals surface area contributed by atoms with Gasteiger partial charge in [-0.25, -0.2) is 0 Å². The molecule has 1 saturated heterocycles. The van der Waals surface area contributed by atoms with E-state index in [0.29, 0.717) is 6.04 Å². The average Bonchev–Trinajstić information content (AvgIpc) is 2.48. The minimum Gasteiger partial charge on any atom is -0.380 e. The molecule has 1 aliphatic rings. The van der Waals surface area contributed by atoms with Crippen molar-refractivity contribution < 1.29 is 4.74 Å². The van der Waals surface area contributed by atoms with Gasteiger partial charge in [0.2, 0.25) is 0 Å². The first kappa shape index (κ1) is 16.5. The summed E-state index contributed by atoms with van der Waals surface area (Å²) in [5.41, 5.74) is 1.62. The van der Waals surface area contributed by atoms with E-state index in [1.54, 1.807) is 0 Å². The molecule has 1 aromatic carbocycles. The van der Waals surface area contributed by atoms with Gasteiger partial charge >= 0.3 is 0 Å². The Balaban J connectivity index is 1.86. The summed E-state index contributed by atoms with van der Waals surface area (Å²) in [4.78, 5) is 2.58. The number of nitrogens with one attached hydrogen (secondary N) is 1. The molecule has 118 valence electrons. The second-order valence-electron chi connectivity index (χ2n) is 6.64. The Labute approximate surface area is 129 Å². The summed E-state index contributed by atoms with van der Waals surface area (Å²) >= 11 is 0. The third-order valence-corrected chi connectivity index (χ3v) is 4.30. The van der Waals surface area contributed by atoms with Crippen LogP contribution in [0.3, 0.4) is 0 Å².